The predicted octanol–water partition coefficient (Wildman–Crippen LogP) is 6.85. The van der Waals surface area contributed by atoms with Gasteiger partial charge in [-0.15, -0.1) is 4.91 Å². The number of aromatic nitrogens is 1. The minimum Gasteiger partial charge on any atom is -0.457 e. The smallest absolute Gasteiger partial charge is 0.247 e. The SMILES string of the molecule is C=CC(=O)Nc1ccccc1.CNc1ccncc1N(N=O)c1cccc(Oc2ccccc2C)c1. The molecule has 1 aromatic heterocycles. The van der Waals surface area contributed by atoms with Gasteiger partial charge in [0.25, 0.3) is 0 Å². The van der Waals surface area contributed by atoms with Gasteiger partial charge in [0.1, 0.15) is 17.2 Å². The molecular weight excluding hydrogens is 454 g/mol. The Labute approximate surface area is 210 Å². The second-order valence-electron chi connectivity index (χ2n) is 7.46. The number of ether oxygens (including phenoxy) is 1. The van der Waals surface area contributed by atoms with E-state index >= 15 is 0 Å². The third-order valence-electron chi connectivity index (χ3n) is 4.99. The maximum Gasteiger partial charge on any atom is 0.247 e. The zero-order chi connectivity index (χ0) is 25.8. The number of rotatable bonds is 8. The molecule has 182 valence electrons. The number of aryl methyl sites for hydroxylation is 1. The molecule has 36 heavy (non-hydrogen) atoms. The molecule has 0 atom stereocenters. The third kappa shape index (κ3) is 7.01. The van der Waals surface area contributed by atoms with Crippen LogP contribution in [0.5, 0.6) is 11.5 Å². The van der Waals surface area contributed by atoms with Crippen LogP contribution in [-0.2, 0) is 4.79 Å². The summed E-state index contributed by atoms with van der Waals surface area (Å²) in [5.74, 6) is 1.20. The zero-order valence-electron chi connectivity index (χ0n) is 20.1. The van der Waals surface area contributed by atoms with Gasteiger partial charge >= 0.3 is 0 Å². The highest BCUT2D eigenvalue weighted by atomic mass is 16.5. The maximum atomic E-state index is 11.5. The first-order valence-corrected chi connectivity index (χ1v) is 11.1. The Morgan fingerprint density at radius 1 is 1.03 bits per heavy atom. The van der Waals surface area contributed by atoms with E-state index in [1.165, 1.54) is 11.1 Å². The van der Waals surface area contributed by atoms with E-state index in [0.717, 1.165) is 22.7 Å². The topological polar surface area (TPSA) is 95.9 Å². The molecule has 0 aliphatic rings. The number of carbonyl (C=O) groups is 1. The Kier molecular flexibility index (Phi) is 9.29. The van der Waals surface area contributed by atoms with Crippen LogP contribution in [0.1, 0.15) is 5.56 Å². The van der Waals surface area contributed by atoms with Crippen LogP contribution in [0.15, 0.2) is 115 Å². The number of hydrogen-bond acceptors (Lipinski definition) is 6. The van der Waals surface area contributed by atoms with Crippen LogP contribution >= 0.6 is 0 Å². The molecule has 1 amide bonds. The van der Waals surface area contributed by atoms with Crippen LogP contribution in [0.3, 0.4) is 0 Å². The highest BCUT2D eigenvalue weighted by Gasteiger charge is 2.15. The Balaban J connectivity index is 0.000000275. The average molecular weight is 482 g/mol. The summed E-state index contributed by atoms with van der Waals surface area (Å²) in [5.41, 5.74) is 3.72. The lowest BCUT2D eigenvalue weighted by molar-refractivity contribution is -0.111. The molecule has 4 aromatic rings. The van der Waals surface area contributed by atoms with Gasteiger partial charge in [0.2, 0.25) is 5.91 Å². The van der Waals surface area contributed by atoms with Crippen LogP contribution in [0.25, 0.3) is 0 Å². The first-order valence-electron chi connectivity index (χ1n) is 11.1. The van der Waals surface area contributed by atoms with E-state index < -0.39 is 0 Å². The fourth-order valence-corrected chi connectivity index (χ4v) is 3.19. The second-order valence-corrected chi connectivity index (χ2v) is 7.46. The molecule has 0 saturated heterocycles. The van der Waals surface area contributed by atoms with Crippen LogP contribution in [0, 0.1) is 11.8 Å². The van der Waals surface area contributed by atoms with Crippen LogP contribution in [-0.4, -0.2) is 17.9 Å². The molecule has 0 aliphatic heterocycles. The van der Waals surface area contributed by atoms with Gasteiger partial charge < -0.3 is 15.4 Å². The van der Waals surface area contributed by atoms with Crippen molar-refractivity contribution in [1.82, 2.24) is 4.98 Å². The molecule has 0 saturated carbocycles. The minimum atomic E-state index is -0.184. The molecule has 8 heteroatoms. The summed E-state index contributed by atoms with van der Waals surface area (Å²) >= 11 is 0. The van der Waals surface area contributed by atoms with Crippen molar-refractivity contribution in [3.8, 4) is 11.5 Å². The number of carbonyl (C=O) groups excluding carboxylic acids is 1. The van der Waals surface area contributed by atoms with Gasteiger partial charge in [-0.1, -0.05) is 49.0 Å². The van der Waals surface area contributed by atoms with Gasteiger partial charge in [0, 0.05) is 25.0 Å². The van der Waals surface area contributed by atoms with Crippen LogP contribution < -0.4 is 20.4 Å². The molecule has 0 spiro atoms. The van der Waals surface area contributed by atoms with Gasteiger partial charge in [-0.05, 0) is 55.0 Å². The summed E-state index contributed by atoms with van der Waals surface area (Å²) in [5, 5.41) is 10.1. The van der Waals surface area contributed by atoms with Gasteiger partial charge in [0.15, 0.2) is 0 Å². The molecule has 8 nitrogen and oxygen atoms in total. The molecule has 0 fully saturated rings. The van der Waals surface area contributed by atoms with Crippen LogP contribution in [0.2, 0.25) is 0 Å². The van der Waals surface area contributed by atoms with E-state index in [0.29, 0.717) is 17.1 Å². The van der Waals surface area contributed by atoms with Crippen molar-refractivity contribution in [3.63, 3.8) is 0 Å². The summed E-state index contributed by atoms with van der Waals surface area (Å²) in [4.78, 5) is 26.3. The molecule has 0 radical (unpaired) electrons. The van der Waals surface area contributed by atoms with Crippen molar-refractivity contribution < 1.29 is 9.53 Å². The highest BCUT2D eigenvalue weighted by molar-refractivity contribution is 5.98. The lowest BCUT2D eigenvalue weighted by atomic mass is 10.2. The first kappa shape index (κ1) is 25.6. The van der Waals surface area contributed by atoms with Crippen molar-refractivity contribution in [1.29, 1.82) is 0 Å². The third-order valence-corrected chi connectivity index (χ3v) is 4.99. The summed E-state index contributed by atoms with van der Waals surface area (Å²) in [6.45, 7) is 5.32. The largest absolute Gasteiger partial charge is 0.457 e. The van der Waals surface area contributed by atoms with E-state index in [9.17, 15) is 9.70 Å². The van der Waals surface area contributed by atoms with E-state index in [-0.39, 0.29) is 5.91 Å². The normalized spacial score (nSPS) is 9.72. The van der Waals surface area contributed by atoms with Gasteiger partial charge in [0.05, 0.1) is 22.9 Å². The summed E-state index contributed by atoms with van der Waals surface area (Å²) in [6.07, 6.45) is 4.48. The summed E-state index contributed by atoms with van der Waals surface area (Å²) in [6, 6.07) is 26.0. The minimum absolute atomic E-state index is 0.184. The number of benzene rings is 3. The van der Waals surface area contributed by atoms with E-state index in [1.54, 1.807) is 37.6 Å². The quantitative estimate of drug-likeness (QED) is 0.162. The number of hydrogen-bond donors (Lipinski definition) is 2. The number of nitrogens with zero attached hydrogens (tertiary/aromatic N) is 3. The fourth-order valence-electron chi connectivity index (χ4n) is 3.19. The molecule has 0 aliphatic carbocycles. The second kappa shape index (κ2) is 13.0. The average Bonchev–Trinajstić information content (AvgIpc) is 2.92. The van der Waals surface area contributed by atoms with E-state index in [4.69, 9.17) is 4.74 Å². The molecule has 0 bridgehead atoms. The number of nitroso groups, excluding NO2 is 1. The molecule has 1 heterocycles. The lowest BCUT2D eigenvalue weighted by Gasteiger charge is -2.19. The molecule has 2 N–H and O–H groups in total. The monoisotopic (exact) mass is 481 g/mol. The fraction of sp³-hybridized carbons (Fsp3) is 0.0714. The standard InChI is InChI=1S/C19H18N4O2.C9H9NO/c1-14-6-3-4-9-19(14)25-16-8-5-7-15(12-16)23(22-24)18-13-21-11-10-17(18)20-2;1-2-9(11)10-8-6-4-3-5-7-8/h3-13H,1-2H3,(H,20,21);2-7H,1H2,(H,10,11). The summed E-state index contributed by atoms with van der Waals surface area (Å²) in [7, 11) is 1.78. The molecular formula is C28H27N5O3. The number of para-hydroxylation sites is 2. The Morgan fingerprint density at radius 2 is 1.78 bits per heavy atom. The van der Waals surface area contributed by atoms with Crippen molar-refractivity contribution in [2.75, 3.05) is 22.7 Å². The van der Waals surface area contributed by atoms with Gasteiger partial charge in [-0.3, -0.25) is 9.78 Å². The highest BCUT2D eigenvalue weighted by Crippen LogP contribution is 2.34. The Hall–Kier alpha value is -4.98. The summed E-state index contributed by atoms with van der Waals surface area (Å²) < 4.78 is 5.94. The molecule has 3 aromatic carbocycles. The zero-order valence-corrected chi connectivity index (χ0v) is 20.1. The lowest BCUT2D eigenvalue weighted by Crippen LogP contribution is -2.10. The Morgan fingerprint density at radius 3 is 2.47 bits per heavy atom. The Bertz CT molecular complexity index is 1310. The van der Waals surface area contributed by atoms with E-state index in [2.05, 4.69) is 27.5 Å². The molecule has 0 unspecified atom stereocenters. The first-order chi connectivity index (χ1) is 17.5. The number of nitrogens with one attached hydrogen (secondary N) is 2. The van der Waals surface area contributed by atoms with Crippen molar-refractivity contribution in [2.24, 2.45) is 5.29 Å². The predicted molar refractivity (Wildman–Crippen MR) is 145 cm³/mol. The van der Waals surface area contributed by atoms with Gasteiger partial charge in [-0.2, -0.15) is 5.01 Å². The van der Waals surface area contributed by atoms with Crippen molar-refractivity contribution in [3.05, 3.63) is 120 Å². The van der Waals surface area contributed by atoms with Crippen molar-refractivity contribution in [2.45, 2.75) is 6.92 Å². The molecule has 4 rings (SSSR count). The van der Waals surface area contributed by atoms with Crippen LogP contribution in [0.4, 0.5) is 22.7 Å². The number of anilines is 4. The maximum absolute atomic E-state index is 11.5. The van der Waals surface area contributed by atoms with Gasteiger partial charge in [-0.25, -0.2) is 0 Å². The number of pyridine rings is 1. The van der Waals surface area contributed by atoms with E-state index in [1.807, 2.05) is 73.7 Å². The number of amides is 1. The van der Waals surface area contributed by atoms with Crippen molar-refractivity contribution >= 4 is 28.7 Å².